The van der Waals surface area contributed by atoms with Crippen molar-refractivity contribution in [2.75, 3.05) is 25.5 Å². The number of fused-ring (bicyclic) bond motifs is 1. The van der Waals surface area contributed by atoms with Crippen molar-refractivity contribution in [2.24, 2.45) is 0 Å². The van der Waals surface area contributed by atoms with Gasteiger partial charge < -0.3 is 9.80 Å². The van der Waals surface area contributed by atoms with Crippen LogP contribution < -0.4 is 4.90 Å². The van der Waals surface area contributed by atoms with Crippen LogP contribution in [0.1, 0.15) is 24.0 Å². The number of amides is 1. The molecular weight excluding hydrogens is 238 g/mol. The molecule has 0 unspecified atom stereocenters. The fraction of sp³-hybridized carbons (Fsp3) is 0.467. The van der Waals surface area contributed by atoms with Crippen LogP contribution in [0.25, 0.3) is 0 Å². The van der Waals surface area contributed by atoms with Crippen molar-refractivity contribution in [1.29, 1.82) is 5.26 Å². The Labute approximate surface area is 114 Å². The van der Waals surface area contributed by atoms with Crippen molar-refractivity contribution in [3.8, 4) is 6.07 Å². The van der Waals surface area contributed by atoms with Gasteiger partial charge >= 0.3 is 0 Å². The Morgan fingerprint density at radius 1 is 1.47 bits per heavy atom. The Bertz CT molecular complexity index is 519. The van der Waals surface area contributed by atoms with E-state index < -0.39 is 0 Å². The summed E-state index contributed by atoms with van der Waals surface area (Å²) in [6.45, 7) is 1.78. The lowest BCUT2D eigenvalue weighted by Gasteiger charge is -2.17. The third-order valence-corrected chi connectivity index (χ3v) is 3.50. The van der Waals surface area contributed by atoms with Crippen LogP contribution in [-0.2, 0) is 17.8 Å². The summed E-state index contributed by atoms with van der Waals surface area (Å²) < 4.78 is 0. The number of carbonyl (C=O) groups excluding carboxylic acids is 1. The Morgan fingerprint density at radius 2 is 2.26 bits per heavy atom. The summed E-state index contributed by atoms with van der Waals surface area (Å²) in [6.07, 6.45) is 2.02. The van der Waals surface area contributed by atoms with Gasteiger partial charge in [0.15, 0.2) is 0 Å². The zero-order valence-corrected chi connectivity index (χ0v) is 11.5. The Balaban J connectivity index is 1.98. The summed E-state index contributed by atoms with van der Waals surface area (Å²) >= 11 is 0. The molecule has 0 atom stereocenters. The highest BCUT2D eigenvalue weighted by Crippen LogP contribution is 2.28. The number of hydrogen-bond acceptors (Lipinski definition) is 3. The average Bonchev–Trinajstić information content (AvgIpc) is 2.65. The maximum absolute atomic E-state index is 11.6. The first-order chi connectivity index (χ1) is 9.11. The summed E-state index contributed by atoms with van der Waals surface area (Å²) in [5.74, 6) is 0.162. The van der Waals surface area contributed by atoms with Crippen LogP contribution in [0.4, 0.5) is 5.69 Å². The van der Waals surface area contributed by atoms with Gasteiger partial charge in [-0.3, -0.25) is 4.79 Å². The molecule has 0 fully saturated rings. The highest BCUT2D eigenvalue weighted by atomic mass is 16.2. The number of hydrogen-bond donors (Lipinski definition) is 0. The molecule has 0 aliphatic carbocycles. The standard InChI is InChI=1S/C15H19N3O/c1-17(8-4-3-7-16)11-12-5-6-14-13(9-12)10-15(19)18(14)2/h5-6,9H,3-4,8,10-11H2,1-2H3. The first-order valence-corrected chi connectivity index (χ1v) is 6.55. The van der Waals surface area contributed by atoms with Gasteiger partial charge in [0.05, 0.1) is 12.5 Å². The molecule has 0 saturated heterocycles. The molecule has 4 heteroatoms. The lowest BCUT2D eigenvalue weighted by molar-refractivity contribution is -0.117. The van der Waals surface area contributed by atoms with E-state index in [0.29, 0.717) is 12.8 Å². The van der Waals surface area contributed by atoms with E-state index in [2.05, 4.69) is 30.1 Å². The van der Waals surface area contributed by atoms with Crippen molar-refractivity contribution >= 4 is 11.6 Å². The van der Waals surface area contributed by atoms with Gasteiger partial charge in [0.2, 0.25) is 5.91 Å². The van der Waals surface area contributed by atoms with Crippen molar-refractivity contribution < 1.29 is 4.79 Å². The molecule has 1 aromatic rings. The normalized spacial score (nSPS) is 13.8. The predicted octanol–water partition coefficient (Wildman–Crippen LogP) is 1.94. The molecule has 0 spiro atoms. The van der Waals surface area contributed by atoms with E-state index in [4.69, 9.17) is 5.26 Å². The van der Waals surface area contributed by atoms with Crippen LogP contribution in [-0.4, -0.2) is 31.4 Å². The molecule has 0 bridgehead atoms. The van der Waals surface area contributed by atoms with Gasteiger partial charge in [0, 0.05) is 25.7 Å². The first-order valence-electron chi connectivity index (χ1n) is 6.55. The van der Waals surface area contributed by atoms with Gasteiger partial charge in [-0.25, -0.2) is 0 Å². The smallest absolute Gasteiger partial charge is 0.231 e. The molecule has 0 N–H and O–H groups in total. The molecule has 1 heterocycles. The van der Waals surface area contributed by atoms with Crippen molar-refractivity contribution in [2.45, 2.75) is 25.8 Å². The summed E-state index contributed by atoms with van der Waals surface area (Å²) in [7, 11) is 3.88. The van der Waals surface area contributed by atoms with Crippen LogP contribution in [0.5, 0.6) is 0 Å². The SMILES string of the molecule is CN(CCCC#N)Cc1ccc2c(c1)CC(=O)N2C. The molecule has 19 heavy (non-hydrogen) atoms. The molecule has 0 radical (unpaired) electrons. The zero-order valence-electron chi connectivity index (χ0n) is 11.5. The lowest BCUT2D eigenvalue weighted by atomic mass is 10.1. The van der Waals surface area contributed by atoms with Crippen LogP contribution >= 0.6 is 0 Å². The monoisotopic (exact) mass is 257 g/mol. The minimum absolute atomic E-state index is 0.162. The summed E-state index contributed by atoms with van der Waals surface area (Å²) in [4.78, 5) is 15.5. The summed E-state index contributed by atoms with van der Waals surface area (Å²) in [5.41, 5.74) is 3.37. The Kier molecular flexibility index (Phi) is 4.18. The minimum Gasteiger partial charge on any atom is -0.315 e. The molecule has 4 nitrogen and oxygen atoms in total. The van der Waals surface area contributed by atoms with Gasteiger partial charge in [0.25, 0.3) is 0 Å². The molecule has 1 aliphatic heterocycles. The van der Waals surface area contributed by atoms with Gasteiger partial charge in [-0.1, -0.05) is 12.1 Å². The molecule has 0 aromatic heterocycles. The van der Waals surface area contributed by atoms with Gasteiger partial charge in [-0.15, -0.1) is 0 Å². The molecule has 1 amide bonds. The second-order valence-corrected chi connectivity index (χ2v) is 5.09. The number of carbonyl (C=O) groups is 1. The largest absolute Gasteiger partial charge is 0.315 e. The van der Waals surface area contributed by atoms with E-state index in [-0.39, 0.29) is 5.91 Å². The van der Waals surface area contributed by atoms with E-state index >= 15 is 0 Å². The van der Waals surface area contributed by atoms with Crippen molar-refractivity contribution in [1.82, 2.24) is 4.90 Å². The van der Waals surface area contributed by atoms with E-state index in [1.165, 1.54) is 5.56 Å². The van der Waals surface area contributed by atoms with E-state index in [9.17, 15) is 4.79 Å². The zero-order chi connectivity index (χ0) is 13.8. The number of benzene rings is 1. The summed E-state index contributed by atoms with van der Waals surface area (Å²) in [5, 5.41) is 8.52. The second kappa shape index (κ2) is 5.85. The number of unbranched alkanes of at least 4 members (excludes halogenated alkanes) is 1. The van der Waals surface area contributed by atoms with Crippen molar-refractivity contribution in [3.63, 3.8) is 0 Å². The quantitative estimate of drug-likeness (QED) is 0.757. The Hall–Kier alpha value is -1.86. The molecule has 2 rings (SSSR count). The van der Waals surface area contributed by atoms with E-state index in [0.717, 1.165) is 30.8 Å². The highest BCUT2D eigenvalue weighted by Gasteiger charge is 2.23. The second-order valence-electron chi connectivity index (χ2n) is 5.09. The van der Waals surface area contributed by atoms with Crippen LogP contribution in [0.3, 0.4) is 0 Å². The number of anilines is 1. The number of likely N-dealkylation sites (N-methyl/N-ethyl adjacent to an activating group) is 1. The minimum atomic E-state index is 0.162. The van der Waals surface area contributed by atoms with E-state index in [1.54, 1.807) is 4.90 Å². The first kappa shape index (κ1) is 13.6. The highest BCUT2D eigenvalue weighted by molar-refractivity contribution is 6.00. The number of nitriles is 1. The lowest BCUT2D eigenvalue weighted by Crippen LogP contribution is -2.20. The maximum atomic E-state index is 11.6. The third kappa shape index (κ3) is 3.12. The average molecular weight is 257 g/mol. The maximum Gasteiger partial charge on any atom is 0.231 e. The van der Waals surface area contributed by atoms with Gasteiger partial charge in [-0.05, 0) is 37.2 Å². The summed E-state index contributed by atoms with van der Waals surface area (Å²) in [6, 6.07) is 8.39. The van der Waals surface area contributed by atoms with Gasteiger partial charge in [0.1, 0.15) is 0 Å². The molecule has 1 aromatic carbocycles. The molecule has 1 aliphatic rings. The predicted molar refractivity (Wildman–Crippen MR) is 74.7 cm³/mol. The van der Waals surface area contributed by atoms with Crippen LogP contribution in [0, 0.1) is 11.3 Å². The van der Waals surface area contributed by atoms with Crippen LogP contribution in [0.15, 0.2) is 18.2 Å². The fourth-order valence-corrected chi connectivity index (χ4v) is 2.44. The van der Waals surface area contributed by atoms with Gasteiger partial charge in [-0.2, -0.15) is 5.26 Å². The van der Waals surface area contributed by atoms with Crippen molar-refractivity contribution in [3.05, 3.63) is 29.3 Å². The van der Waals surface area contributed by atoms with E-state index in [1.807, 2.05) is 13.1 Å². The molecular formula is C15H19N3O. The third-order valence-electron chi connectivity index (χ3n) is 3.50. The molecule has 100 valence electrons. The molecule has 0 saturated carbocycles. The Morgan fingerprint density at radius 3 is 3.00 bits per heavy atom. The number of rotatable bonds is 5. The number of nitrogens with zero attached hydrogens (tertiary/aromatic N) is 3. The van der Waals surface area contributed by atoms with Crippen LogP contribution in [0.2, 0.25) is 0 Å². The topological polar surface area (TPSA) is 47.3 Å². The fourth-order valence-electron chi connectivity index (χ4n) is 2.44.